The van der Waals surface area contributed by atoms with Crippen LogP contribution in [0.3, 0.4) is 0 Å². The molecule has 5 rings (SSSR count). The number of anilines is 1. The molecule has 210 valence electrons. The van der Waals surface area contributed by atoms with Crippen LogP contribution in [-0.4, -0.2) is 83.7 Å². The molecule has 0 N–H and O–H groups in total. The lowest BCUT2D eigenvalue weighted by Gasteiger charge is -2.33. The Morgan fingerprint density at radius 1 is 1.07 bits per heavy atom. The molecule has 14 heteroatoms. The van der Waals surface area contributed by atoms with Crippen molar-refractivity contribution in [2.24, 2.45) is 0 Å². The number of fused-ring (bicyclic) bond motifs is 1. The molecular formula is C26H27ClN6O5S2. The lowest BCUT2D eigenvalue weighted by atomic mass is 10.2. The van der Waals surface area contributed by atoms with Crippen LogP contribution in [0.4, 0.5) is 9.93 Å². The number of nitrogens with zero attached hydrogens (tertiary/aromatic N) is 6. The summed E-state index contributed by atoms with van der Waals surface area (Å²) in [4.78, 5) is 33.4. The molecule has 40 heavy (non-hydrogen) atoms. The third-order valence-electron chi connectivity index (χ3n) is 6.45. The first-order valence-electron chi connectivity index (χ1n) is 12.6. The Morgan fingerprint density at radius 3 is 2.48 bits per heavy atom. The quantitative estimate of drug-likeness (QED) is 0.300. The van der Waals surface area contributed by atoms with Gasteiger partial charge in [-0.3, -0.25) is 14.4 Å². The SMILES string of the molecule is CCOC(=O)N1CCN(S(=O)(=O)c2ccc(C(=O)N(CCn3cccn3)c3nc4c(Cl)cccc4s3)cc2)CC1. The topological polar surface area (TPSA) is 118 Å². The molecule has 0 unspecified atom stereocenters. The first-order chi connectivity index (χ1) is 19.3. The molecular weight excluding hydrogens is 576 g/mol. The van der Waals surface area contributed by atoms with Crippen LogP contribution in [0.1, 0.15) is 17.3 Å². The molecule has 3 heterocycles. The fourth-order valence-electron chi connectivity index (χ4n) is 4.34. The van der Waals surface area contributed by atoms with E-state index in [1.54, 1.807) is 34.8 Å². The summed E-state index contributed by atoms with van der Waals surface area (Å²) in [5.41, 5.74) is 0.933. The molecule has 11 nitrogen and oxygen atoms in total. The number of thiazole rings is 1. The van der Waals surface area contributed by atoms with Crippen molar-refractivity contribution < 1.29 is 22.7 Å². The monoisotopic (exact) mass is 602 g/mol. The molecule has 1 saturated heterocycles. The molecule has 0 radical (unpaired) electrons. The highest BCUT2D eigenvalue weighted by molar-refractivity contribution is 7.89. The van der Waals surface area contributed by atoms with Crippen molar-refractivity contribution in [2.75, 3.05) is 44.2 Å². The van der Waals surface area contributed by atoms with E-state index >= 15 is 0 Å². The van der Waals surface area contributed by atoms with Gasteiger partial charge in [-0.15, -0.1) is 0 Å². The van der Waals surface area contributed by atoms with Gasteiger partial charge in [-0.1, -0.05) is 29.0 Å². The second-order valence-electron chi connectivity index (χ2n) is 8.92. The number of aromatic nitrogens is 3. The molecule has 2 amide bonds. The van der Waals surface area contributed by atoms with Crippen LogP contribution >= 0.6 is 22.9 Å². The van der Waals surface area contributed by atoms with Crippen molar-refractivity contribution in [1.82, 2.24) is 24.0 Å². The van der Waals surface area contributed by atoms with E-state index in [0.29, 0.717) is 34.3 Å². The van der Waals surface area contributed by atoms with Crippen LogP contribution in [0.25, 0.3) is 10.2 Å². The van der Waals surface area contributed by atoms with Crippen LogP contribution in [0.15, 0.2) is 65.8 Å². The Bertz CT molecular complexity index is 1600. The van der Waals surface area contributed by atoms with Gasteiger partial charge in [0.2, 0.25) is 10.0 Å². The number of hydrogen-bond donors (Lipinski definition) is 0. The van der Waals surface area contributed by atoms with Gasteiger partial charge in [0.05, 0.1) is 27.8 Å². The van der Waals surface area contributed by atoms with E-state index < -0.39 is 16.1 Å². The number of hydrogen-bond acceptors (Lipinski definition) is 8. The number of halogens is 1. The number of benzene rings is 2. The van der Waals surface area contributed by atoms with Gasteiger partial charge in [0.25, 0.3) is 5.91 Å². The molecule has 1 aliphatic heterocycles. The Morgan fingerprint density at radius 2 is 1.82 bits per heavy atom. The second-order valence-corrected chi connectivity index (χ2v) is 12.3. The third kappa shape index (κ3) is 5.82. The summed E-state index contributed by atoms with van der Waals surface area (Å²) in [6.45, 7) is 3.51. The number of carbonyl (C=O) groups is 2. The van der Waals surface area contributed by atoms with Gasteiger partial charge < -0.3 is 9.64 Å². The summed E-state index contributed by atoms with van der Waals surface area (Å²) < 4.78 is 35.4. The maximum Gasteiger partial charge on any atom is 0.409 e. The summed E-state index contributed by atoms with van der Waals surface area (Å²) in [6, 6.07) is 13.2. The lowest BCUT2D eigenvalue weighted by Crippen LogP contribution is -2.50. The predicted octanol–water partition coefficient (Wildman–Crippen LogP) is 3.96. The van der Waals surface area contributed by atoms with Gasteiger partial charge in [0.15, 0.2) is 5.13 Å². The molecule has 2 aromatic carbocycles. The molecule has 0 aliphatic carbocycles. The van der Waals surface area contributed by atoms with E-state index in [4.69, 9.17) is 16.3 Å². The van der Waals surface area contributed by atoms with E-state index in [1.807, 2.05) is 18.3 Å². The minimum absolute atomic E-state index is 0.0727. The standard InChI is InChI=1S/C26H27ClN6O5S2/c1-2-38-26(35)30-13-16-32(17-14-30)40(36,37)20-9-7-19(8-10-20)24(34)33(18-15-31-12-4-11-28-31)25-29-23-21(27)5-3-6-22(23)39-25/h3-12H,2,13-18H2,1H3. The van der Waals surface area contributed by atoms with Crippen molar-refractivity contribution in [3.63, 3.8) is 0 Å². The van der Waals surface area contributed by atoms with Crippen LogP contribution in [0.5, 0.6) is 0 Å². The zero-order valence-electron chi connectivity index (χ0n) is 21.6. The van der Waals surface area contributed by atoms with Gasteiger partial charge in [0, 0.05) is 50.7 Å². The number of piperazine rings is 1. The van der Waals surface area contributed by atoms with Gasteiger partial charge in [-0.05, 0) is 49.4 Å². The molecule has 0 spiro atoms. The Kier molecular flexibility index (Phi) is 8.35. The minimum atomic E-state index is -3.81. The Hall–Kier alpha value is -3.52. The highest BCUT2D eigenvalue weighted by Crippen LogP contribution is 2.33. The number of ether oxygens (including phenoxy) is 1. The predicted molar refractivity (Wildman–Crippen MR) is 152 cm³/mol. The highest BCUT2D eigenvalue weighted by atomic mass is 35.5. The number of para-hydroxylation sites is 1. The van der Waals surface area contributed by atoms with Gasteiger partial charge >= 0.3 is 6.09 Å². The van der Waals surface area contributed by atoms with Crippen LogP contribution in [0, 0.1) is 0 Å². The average molecular weight is 603 g/mol. The molecule has 2 aromatic heterocycles. The third-order valence-corrected chi connectivity index (χ3v) is 9.71. The molecule has 0 bridgehead atoms. The van der Waals surface area contributed by atoms with Crippen LogP contribution in [0.2, 0.25) is 5.02 Å². The summed E-state index contributed by atoms with van der Waals surface area (Å²) in [6.07, 6.45) is 3.03. The normalized spacial score (nSPS) is 14.4. The van der Waals surface area contributed by atoms with Crippen molar-refractivity contribution in [3.8, 4) is 0 Å². The minimum Gasteiger partial charge on any atom is -0.450 e. The van der Waals surface area contributed by atoms with Gasteiger partial charge in [0.1, 0.15) is 5.52 Å². The zero-order valence-corrected chi connectivity index (χ0v) is 24.0. The van der Waals surface area contributed by atoms with Crippen LogP contribution < -0.4 is 4.90 Å². The maximum atomic E-state index is 13.7. The average Bonchev–Trinajstić information content (AvgIpc) is 3.64. The van der Waals surface area contributed by atoms with Crippen LogP contribution in [-0.2, 0) is 21.3 Å². The lowest BCUT2D eigenvalue weighted by molar-refractivity contribution is 0.0933. The summed E-state index contributed by atoms with van der Waals surface area (Å²) in [5, 5.41) is 5.20. The fourth-order valence-corrected chi connectivity index (χ4v) is 7.05. The maximum absolute atomic E-state index is 13.7. The molecule has 1 aliphatic rings. The fraction of sp³-hybridized carbons (Fsp3) is 0.308. The van der Waals surface area contributed by atoms with E-state index in [-0.39, 0.29) is 43.6 Å². The number of carbonyl (C=O) groups excluding carboxylic acids is 2. The molecule has 0 atom stereocenters. The summed E-state index contributed by atoms with van der Waals surface area (Å²) >= 11 is 7.68. The van der Waals surface area contributed by atoms with E-state index in [9.17, 15) is 18.0 Å². The van der Waals surface area contributed by atoms with Crippen molar-refractivity contribution >= 4 is 60.3 Å². The van der Waals surface area contributed by atoms with E-state index in [1.165, 1.54) is 44.8 Å². The Balaban J connectivity index is 1.35. The van der Waals surface area contributed by atoms with Crippen molar-refractivity contribution in [2.45, 2.75) is 18.4 Å². The zero-order chi connectivity index (χ0) is 28.3. The first-order valence-corrected chi connectivity index (χ1v) is 15.3. The van der Waals surface area contributed by atoms with Crippen molar-refractivity contribution in [1.29, 1.82) is 0 Å². The Labute approximate surface area is 240 Å². The first kappa shape index (κ1) is 28.0. The highest BCUT2D eigenvalue weighted by Gasteiger charge is 2.31. The molecule has 1 fully saturated rings. The summed E-state index contributed by atoms with van der Waals surface area (Å²) in [5.74, 6) is -0.325. The van der Waals surface area contributed by atoms with Gasteiger partial charge in [-0.25, -0.2) is 18.2 Å². The number of rotatable bonds is 8. The summed E-state index contributed by atoms with van der Waals surface area (Å²) in [7, 11) is -3.81. The molecule has 4 aromatic rings. The van der Waals surface area contributed by atoms with Gasteiger partial charge in [-0.2, -0.15) is 9.40 Å². The smallest absolute Gasteiger partial charge is 0.409 e. The van der Waals surface area contributed by atoms with E-state index in [0.717, 1.165) is 4.70 Å². The van der Waals surface area contributed by atoms with Crippen molar-refractivity contribution in [3.05, 3.63) is 71.5 Å². The largest absolute Gasteiger partial charge is 0.450 e. The number of sulfonamides is 1. The molecule has 0 saturated carbocycles. The number of amides is 2. The second kappa shape index (κ2) is 11.9. The van der Waals surface area contributed by atoms with E-state index in [2.05, 4.69) is 10.1 Å².